The molecule has 5 heteroatoms. The number of benzene rings is 1. The molecule has 0 atom stereocenters. The fourth-order valence-corrected chi connectivity index (χ4v) is 2.35. The van der Waals surface area contributed by atoms with Gasteiger partial charge in [0.15, 0.2) is 0 Å². The Balaban J connectivity index is 1.83. The molecular weight excluding hydrogens is 310 g/mol. The Kier molecular flexibility index (Phi) is 5.57. The van der Waals surface area contributed by atoms with E-state index >= 15 is 0 Å². The van der Waals surface area contributed by atoms with Crippen molar-refractivity contribution < 1.29 is 0 Å². The van der Waals surface area contributed by atoms with E-state index in [1.807, 2.05) is 42.5 Å². The number of rotatable bonds is 7. The first kappa shape index (κ1) is 16.9. The average molecular weight is 333 g/mol. The molecule has 3 rings (SSSR count). The maximum Gasteiger partial charge on any atom is 0.225 e. The molecule has 0 bridgehead atoms. The summed E-state index contributed by atoms with van der Waals surface area (Å²) in [6.07, 6.45) is 1.79. The van der Waals surface area contributed by atoms with Crippen LogP contribution in [0.25, 0.3) is 11.3 Å². The fourth-order valence-electron chi connectivity index (χ4n) is 2.35. The first-order valence-corrected chi connectivity index (χ1v) is 8.53. The van der Waals surface area contributed by atoms with Crippen molar-refractivity contribution in [2.24, 2.45) is 5.92 Å². The molecule has 0 radical (unpaired) electrons. The summed E-state index contributed by atoms with van der Waals surface area (Å²) in [5.41, 5.74) is 2.93. The van der Waals surface area contributed by atoms with Gasteiger partial charge in [-0.25, -0.2) is 4.98 Å². The molecule has 25 heavy (non-hydrogen) atoms. The van der Waals surface area contributed by atoms with Gasteiger partial charge in [0.05, 0.1) is 17.9 Å². The average Bonchev–Trinajstić information content (AvgIpc) is 2.66. The lowest BCUT2D eigenvalue weighted by molar-refractivity contribution is 0.684. The molecule has 0 spiro atoms. The summed E-state index contributed by atoms with van der Waals surface area (Å²) in [7, 11) is 0. The lowest BCUT2D eigenvalue weighted by Gasteiger charge is -2.12. The van der Waals surface area contributed by atoms with Gasteiger partial charge in [-0.3, -0.25) is 4.98 Å². The van der Waals surface area contributed by atoms with Crippen LogP contribution in [0.5, 0.6) is 0 Å². The van der Waals surface area contributed by atoms with Crippen LogP contribution in [-0.2, 0) is 6.54 Å². The second-order valence-electron chi connectivity index (χ2n) is 6.28. The predicted molar refractivity (Wildman–Crippen MR) is 102 cm³/mol. The molecule has 0 aliphatic rings. The molecule has 0 amide bonds. The lowest BCUT2D eigenvalue weighted by Crippen LogP contribution is -2.12. The number of nitrogens with one attached hydrogen (secondary N) is 2. The minimum absolute atomic E-state index is 0.522. The maximum absolute atomic E-state index is 4.65. The number of pyridine rings is 1. The van der Waals surface area contributed by atoms with E-state index in [4.69, 9.17) is 0 Å². The molecule has 0 aliphatic carbocycles. The maximum atomic E-state index is 4.65. The van der Waals surface area contributed by atoms with Crippen LogP contribution < -0.4 is 10.6 Å². The third-order valence-corrected chi connectivity index (χ3v) is 3.64. The van der Waals surface area contributed by atoms with Crippen LogP contribution in [0.2, 0.25) is 0 Å². The van der Waals surface area contributed by atoms with Crippen molar-refractivity contribution in [2.75, 3.05) is 17.2 Å². The molecular formula is C20H23N5. The summed E-state index contributed by atoms with van der Waals surface area (Å²) in [4.78, 5) is 13.6. The van der Waals surface area contributed by atoms with E-state index in [0.717, 1.165) is 29.3 Å². The van der Waals surface area contributed by atoms with Gasteiger partial charge in [0.2, 0.25) is 5.95 Å². The Bertz CT molecular complexity index is 788. The molecule has 0 saturated carbocycles. The van der Waals surface area contributed by atoms with Crippen molar-refractivity contribution in [2.45, 2.75) is 20.4 Å². The smallest absolute Gasteiger partial charge is 0.225 e. The normalized spacial score (nSPS) is 10.7. The summed E-state index contributed by atoms with van der Waals surface area (Å²) < 4.78 is 0. The van der Waals surface area contributed by atoms with Crippen molar-refractivity contribution in [3.63, 3.8) is 0 Å². The quantitative estimate of drug-likeness (QED) is 0.678. The van der Waals surface area contributed by atoms with Gasteiger partial charge in [0, 0.05) is 24.4 Å². The molecule has 2 N–H and O–H groups in total. The molecule has 128 valence electrons. The van der Waals surface area contributed by atoms with Crippen LogP contribution in [0.15, 0.2) is 60.8 Å². The van der Waals surface area contributed by atoms with Crippen molar-refractivity contribution in [1.82, 2.24) is 15.0 Å². The standard InChI is InChI=1S/C20H23N5/c1-15(2)13-23-20-24-18(16-8-4-3-5-9-16)12-19(25-20)22-14-17-10-6-7-11-21-17/h3-12,15H,13-14H2,1-2H3,(H2,22,23,24,25). The van der Waals surface area contributed by atoms with Crippen LogP contribution in [0.1, 0.15) is 19.5 Å². The van der Waals surface area contributed by atoms with E-state index in [1.54, 1.807) is 6.20 Å². The molecule has 1 aromatic carbocycles. The third kappa shape index (κ3) is 5.01. The van der Waals surface area contributed by atoms with Crippen LogP contribution in [-0.4, -0.2) is 21.5 Å². The Labute approximate surface area is 148 Å². The van der Waals surface area contributed by atoms with Crippen LogP contribution in [0.3, 0.4) is 0 Å². The van der Waals surface area contributed by atoms with Crippen molar-refractivity contribution in [3.8, 4) is 11.3 Å². The summed E-state index contributed by atoms with van der Waals surface area (Å²) in [5, 5.41) is 6.66. The zero-order valence-corrected chi connectivity index (χ0v) is 14.6. The van der Waals surface area contributed by atoms with Gasteiger partial charge in [-0.1, -0.05) is 50.2 Å². The van der Waals surface area contributed by atoms with Gasteiger partial charge in [-0.2, -0.15) is 4.98 Å². The fraction of sp³-hybridized carbons (Fsp3) is 0.250. The van der Waals surface area contributed by atoms with Gasteiger partial charge in [-0.15, -0.1) is 0 Å². The molecule has 0 aliphatic heterocycles. The molecule has 2 heterocycles. The highest BCUT2D eigenvalue weighted by atomic mass is 15.1. The highest BCUT2D eigenvalue weighted by molar-refractivity contribution is 5.64. The largest absolute Gasteiger partial charge is 0.364 e. The highest BCUT2D eigenvalue weighted by Crippen LogP contribution is 2.21. The zero-order valence-electron chi connectivity index (χ0n) is 14.6. The molecule has 2 aromatic heterocycles. The lowest BCUT2D eigenvalue weighted by atomic mass is 10.1. The Morgan fingerprint density at radius 3 is 2.44 bits per heavy atom. The monoisotopic (exact) mass is 333 g/mol. The van der Waals surface area contributed by atoms with Gasteiger partial charge in [0.1, 0.15) is 5.82 Å². The first-order chi connectivity index (χ1) is 12.2. The molecule has 0 fully saturated rings. The Morgan fingerprint density at radius 1 is 0.920 bits per heavy atom. The summed E-state index contributed by atoms with van der Waals surface area (Å²) in [6.45, 7) is 5.77. The van der Waals surface area contributed by atoms with Crippen LogP contribution in [0, 0.1) is 5.92 Å². The zero-order chi connectivity index (χ0) is 17.5. The van der Waals surface area contributed by atoms with Gasteiger partial charge < -0.3 is 10.6 Å². The van der Waals surface area contributed by atoms with E-state index in [-0.39, 0.29) is 0 Å². The summed E-state index contributed by atoms with van der Waals surface area (Å²) >= 11 is 0. The number of anilines is 2. The predicted octanol–water partition coefficient (Wildman–Crippen LogP) is 4.22. The third-order valence-electron chi connectivity index (χ3n) is 3.64. The first-order valence-electron chi connectivity index (χ1n) is 8.53. The van der Waals surface area contributed by atoms with E-state index < -0.39 is 0 Å². The second kappa shape index (κ2) is 8.24. The summed E-state index contributed by atoms with van der Waals surface area (Å²) in [5.74, 6) is 1.94. The minimum atomic E-state index is 0.522. The Morgan fingerprint density at radius 2 is 1.72 bits per heavy atom. The van der Waals surface area contributed by atoms with Crippen LogP contribution >= 0.6 is 0 Å². The van der Waals surface area contributed by atoms with Crippen LogP contribution in [0.4, 0.5) is 11.8 Å². The van der Waals surface area contributed by atoms with E-state index in [1.165, 1.54) is 0 Å². The molecule has 3 aromatic rings. The SMILES string of the molecule is CC(C)CNc1nc(NCc2ccccn2)cc(-c2ccccc2)n1. The topological polar surface area (TPSA) is 62.7 Å². The highest BCUT2D eigenvalue weighted by Gasteiger charge is 2.07. The molecule has 0 saturated heterocycles. The number of hydrogen-bond donors (Lipinski definition) is 2. The van der Waals surface area contributed by atoms with Crippen molar-refractivity contribution >= 4 is 11.8 Å². The summed E-state index contributed by atoms with van der Waals surface area (Å²) in [6, 6.07) is 18.0. The second-order valence-corrected chi connectivity index (χ2v) is 6.28. The number of aromatic nitrogens is 3. The van der Waals surface area contributed by atoms with Gasteiger partial charge in [-0.05, 0) is 18.1 Å². The minimum Gasteiger partial charge on any atom is -0.364 e. The number of hydrogen-bond acceptors (Lipinski definition) is 5. The van der Waals surface area contributed by atoms with E-state index in [9.17, 15) is 0 Å². The van der Waals surface area contributed by atoms with Crippen molar-refractivity contribution in [1.29, 1.82) is 0 Å². The molecule has 5 nitrogen and oxygen atoms in total. The molecule has 0 unspecified atom stereocenters. The van der Waals surface area contributed by atoms with Gasteiger partial charge >= 0.3 is 0 Å². The van der Waals surface area contributed by atoms with E-state index in [0.29, 0.717) is 18.4 Å². The number of nitrogens with zero attached hydrogens (tertiary/aromatic N) is 3. The Hall–Kier alpha value is -2.95. The van der Waals surface area contributed by atoms with Crippen molar-refractivity contribution in [3.05, 3.63) is 66.5 Å². The van der Waals surface area contributed by atoms with Gasteiger partial charge in [0.25, 0.3) is 0 Å². The van der Waals surface area contributed by atoms with E-state index in [2.05, 4.69) is 51.6 Å².